The highest BCUT2D eigenvalue weighted by Crippen LogP contribution is 2.15. The van der Waals surface area contributed by atoms with Crippen LogP contribution in [0.1, 0.15) is 22.4 Å². The summed E-state index contributed by atoms with van der Waals surface area (Å²) in [6, 6.07) is 7.67. The molecule has 3 rings (SSSR count). The number of fused-ring (bicyclic) bond motifs is 1. The van der Waals surface area contributed by atoms with Crippen LogP contribution in [0.2, 0.25) is 0 Å². The largest absolute Gasteiger partial charge is 0.376 e. The van der Waals surface area contributed by atoms with Crippen LogP contribution in [-0.4, -0.2) is 31.3 Å². The van der Waals surface area contributed by atoms with Crippen LogP contribution in [0, 0.1) is 6.92 Å². The summed E-state index contributed by atoms with van der Waals surface area (Å²) in [6.45, 7) is 4.07. The van der Waals surface area contributed by atoms with Crippen molar-refractivity contribution in [1.82, 2.24) is 14.5 Å². The molecule has 6 nitrogen and oxygen atoms in total. The molecule has 0 bridgehead atoms. The van der Waals surface area contributed by atoms with Crippen molar-refractivity contribution in [3.05, 3.63) is 58.3 Å². The third-order valence-corrected chi connectivity index (χ3v) is 5.02. The van der Waals surface area contributed by atoms with E-state index in [2.05, 4.69) is 9.82 Å². The molecular formula is C17H21N3O3S. The number of aryl methyl sites for hydroxylation is 1. The van der Waals surface area contributed by atoms with Gasteiger partial charge < -0.3 is 4.74 Å². The van der Waals surface area contributed by atoms with Gasteiger partial charge in [-0.2, -0.15) is 5.10 Å². The monoisotopic (exact) mass is 347 g/mol. The number of benzene rings is 1. The molecule has 0 radical (unpaired) electrons. The number of sulfonamides is 1. The van der Waals surface area contributed by atoms with Crippen molar-refractivity contribution in [2.75, 3.05) is 13.2 Å². The third-order valence-electron chi connectivity index (χ3n) is 3.92. The SMILES string of the molecule is Cc1ccc(C=CS(=O)(=O)NCCn2ncc3c2CCOC3)cc1. The second kappa shape index (κ2) is 7.29. The summed E-state index contributed by atoms with van der Waals surface area (Å²) in [7, 11) is -3.46. The lowest BCUT2D eigenvalue weighted by Crippen LogP contribution is -2.27. The molecule has 0 atom stereocenters. The predicted molar refractivity (Wildman–Crippen MR) is 92.7 cm³/mol. The van der Waals surface area contributed by atoms with E-state index >= 15 is 0 Å². The molecule has 0 amide bonds. The summed E-state index contributed by atoms with van der Waals surface area (Å²) in [5, 5.41) is 5.50. The van der Waals surface area contributed by atoms with E-state index in [1.165, 1.54) is 5.41 Å². The van der Waals surface area contributed by atoms with Gasteiger partial charge in [0, 0.05) is 29.6 Å². The molecule has 2 heterocycles. The Morgan fingerprint density at radius 3 is 2.92 bits per heavy atom. The smallest absolute Gasteiger partial charge is 0.233 e. The molecule has 0 aliphatic carbocycles. The molecule has 1 aliphatic rings. The summed E-state index contributed by atoms with van der Waals surface area (Å²) >= 11 is 0. The average Bonchev–Trinajstić information content (AvgIpc) is 2.98. The molecule has 1 aromatic heterocycles. The van der Waals surface area contributed by atoms with Gasteiger partial charge in [-0.05, 0) is 18.6 Å². The fraction of sp³-hybridized carbons (Fsp3) is 0.353. The number of aromatic nitrogens is 2. The maximum Gasteiger partial charge on any atom is 0.233 e. The zero-order valence-corrected chi connectivity index (χ0v) is 14.4. The summed E-state index contributed by atoms with van der Waals surface area (Å²) in [6.07, 6.45) is 4.20. The Bertz CT molecular complexity index is 823. The fourth-order valence-electron chi connectivity index (χ4n) is 2.59. The van der Waals surface area contributed by atoms with E-state index in [-0.39, 0.29) is 0 Å². The summed E-state index contributed by atoms with van der Waals surface area (Å²) in [5.41, 5.74) is 4.22. The Balaban J connectivity index is 1.55. The Morgan fingerprint density at radius 2 is 2.12 bits per heavy atom. The lowest BCUT2D eigenvalue weighted by molar-refractivity contribution is 0.109. The highest BCUT2D eigenvalue weighted by Gasteiger charge is 2.15. The van der Waals surface area contributed by atoms with Crippen LogP contribution < -0.4 is 4.72 Å². The number of ether oxygens (including phenoxy) is 1. The van der Waals surface area contributed by atoms with Gasteiger partial charge in [0.2, 0.25) is 10.0 Å². The maximum absolute atomic E-state index is 12.0. The quantitative estimate of drug-likeness (QED) is 0.866. The van der Waals surface area contributed by atoms with Crippen molar-refractivity contribution in [1.29, 1.82) is 0 Å². The molecule has 0 unspecified atom stereocenters. The number of nitrogens with one attached hydrogen (secondary N) is 1. The van der Waals surface area contributed by atoms with Crippen molar-refractivity contribution in [2.24, 2.45) is 0 Å². The van der Waals surface area contributed by atoms with Gasteiger partial charge in [-0.1, -0.05) is 29.8 Å². The molecule has 0 saturated heterocycles. The molecule has 7 heteroatoms. The van der Waals surface area contributed by atoms with E-state index in [9.17, 15) is 8.42 Å². The first-order valence-corrected chi connectivity index (χ1v) is 9.44. The molecule has 1 aliphatic heterocycles. The summed E-state index contributed by atoms with van der Waals surface area (Å²) < 4.78 is 33.9. The number of rotatable bonds is 6. The van der Waals surface area contributed by atoms with Crippen LogP contribution in [-0.2, 0) is 34.3 Å². The van der Waals surface area contributed by atoms with E-state index in [0.29, 0.717) is 26.3 Å². The lowest BCUT2D eigenvalue weighted by atomic mass is 10.2. The van der Waals surface area contributed by atoms with Crippen LogP contribution in [0.5, 0.6) is 0 Å². The number of hydrogen-bond donors (Lipinski definition) is 1. The number of nitrogens with zero attached hydrogens (tertiary/aromatic N) is 2. The van der Waals surface area contributed by atoms with E-state index in [0.717, 1.165) is 28.8 Å². The van der Waals surface area contributed by atoms with E-state index in [1.807, 2.05) is 35.9 Å². The number of hydrogen-bond acceptors (Lipinski definition) is 4. The van der Waals surface area contributed by atoms with Crippen molar-refractivity contribution >= 4 is 16.1 Å². The molecule has 128 valence electrons. The Kier molecular flexibility index (Phi) is 5.13. The van der Waals surface area contributed by atoms with Gasteiger partial charge in [0.25, 0.3) is 0 Å². The van der Waals surface area contributed by atoms with Gasteiger partial charge in [0.15, 0.2) is 0 Å². The van der Waals surface area contributed by atoms with Gasteiger partial charge in [-0.15, -0.1) is 0 Å². The Hall–Kier alpha value is -1.96. The maximum atomic E-state index is 12.0. The van der Waals surface area contributed by atoms with Crippen LogP contribution in [0.25, 0.3) is 6.08 Å². The van der Waals surface area contributed by atoms with E-state index in [4.69, 9.17) is 4.74 Å². The minimum Gasteiger partial charge on any atom is -0.376 e. The average molecular weight is 347 g/mol. The Labute approximate surface area is 142 Å². The third kappa shape index (κ3) is 4.31. The molecule has 1 N–H and O–H groups in total. The van der Waals surface area contributed by atoms with Crippen LogP contribution in [0.3, 0.4) is 0 Å². The second-order valence-electron chi connectivity index (χ2n) is 5.80. The highest BCUT2D eigenvalue weighted by atomic mass is 32.2. The van der Waals surface area contributed by atoms with Crippen LogP contribution in [0.15, 0.2) is 35.9 Å². The van der Waals surface area contributed by atoms with Gasteiger partial charge in [0.05, 0.1) is 26.0 Å². The topological polar surface area (TPSA) is 73.2 Å². The van der Waals surface area contributed by atoms with Crippen molar-refractivity contribution in [3.8, 4) is 0 Å². The van der Waals surface area contributed by atoms with Crippen molar-refractivity contribution < 1.29 is 13.2 Å². The second-order valence-corrected chi connectivity index (χ2v) is 7.45. The van der Waals surface area contributed by atoms with Gasteiger partial charge in [-0.25, -0.2) is 13.1 Å². The van der Waals surface area contributed by atoms with Crippen LogP contribution in [0.4, 0.5) is 0 Å². The summed E-state index contributed by atoms with van der Waals surface area (Å²) in [4.78, 5) is 0. The van der Waals surface area contributed by atoms with Crippen molar-refractivity contribution in [3.63, 3.8) is 0 Å². The zero-order valence-electron chi connectivity index (χ0n) is 13.6. The normalized spacial score (nSPS) is 14.9. The first-order valence-electron chi connectivity index (χ1n) is 7.89. The molecule has 2 aromatic rings. The van der Waals surface area contributed by atoms with Gasteiger partial charge in [-0.3, -0.25) is 4.68 Å². The van der Waals surface area contributed by atoms with E-state index < -0.39 is 10.0 Å². The molecule has 0 spiro atoms. The van der Waals surface area contributed by atoms with Crippen LogP contribution >= 0.6 is 0 Å². The fourth-order valence-corrected chi connectivity index (χ4v) is 3.40. The molecule has 24 heavy (non-hydrogen) atoms. The zero-order chi connectivity index (χ0) is 17.0. The molecule has 0 fully saturated rings. The molecule has 0 saturated carbocycles. The standard InChI is InChI=1S/C17H21N3O3S/c1-14-2-4-15(5-3-14)7-11-24(21,22)19-8-9-20-17-6-10-23-13-16(17)12-18-20/h2-5,7,11-12,19H,6,8-10,13H2,1H3. The van der Waals surface area contributed by atoms with Gasteiger partial charge in [0.1, 0.15) is 0 Å². The Morgan fingerprint density at radius 1 is 1.33 bits per heavy atom. The summed E-state index contributed by atoms with van der Waals surface area (Å²) in [5.74, 6) is 0. The van der Waals surface area contributed by atoms with Gasteiger partial charge >= 0.3 is 0 Å². The first kappa shape index (κ1) is 16.9. The molecular weight excluding hydrogens is 326 g/mol. The first-order chi connectivity index (χ1) is 11.5. The minimum absolute atomic E-state index is 0.301. The van der Waals surface area contributed by atoms with E-state index in [1.54, 1.807) is 12.3 Å². The minimum atomic E-state index is -3.46. The predicted octanol–water partition coefficient (Wildman–Crippen LogP) is 1.85. The van der Waals surface area contributed by atoms with Crippen molar-refractivity contribution in [2.45, 2.75) is 26.5 Å². The highest BCUT2D eigenvalue weighted by molar-refractivity contribution is 7.92. The lowest BCUT2D eigenvalue weighted by Gasteiger charge is -2.14. The molecule has 1 aromatic carbocycles.